The minimum atomic E-state index is -0.570. The Hall–Kier alpha value is -1.60. The number of nitrogens with zero attached hydrogens (tertiary/aromatic N) is 2. The van der Waals surface area contributed by atoms with Crippen molar-refractivity contribution in [1.82, 2.24) is 15.1 Å². The Morgan fingerprint density at radius 2 is 2.16 bits per heavy atom. The number of ether oxygens (including phenoxy) is 3. The van der Waals surface area contributed by atoms with Gasteiger partial charge in [0.15, 0.2) is 0 Å². The third-order valence-corrected chi connectivity index (χ3v) is 2.80. The van der Waals surface area contributed by atoms with Gasteiger partial charge in [-0.25, -0.2) is 0 Å². The lowest BCUT2D eigenvalue weighted by Crippen LogP contribution is -2.45. The number of carbonyl (C=O) groups excluding carboxylic acids is 1. The fourth-order valence-electron chi connectivity index (χ4n) is 1.62. The van der Waals surface area contributed by atoms with Gasteiger partial charge in [-0.3, -0.25) is 9.48 Å². The summed E-state index contributed by atoms with van der Waals surface area (Å²) in [6, 6.07) is 0. The van der Waals surface area contributed by atoms with Crippen LogP contribution in [0.4, 0.5) is 0 Å². The highest BCUT2D eigenvalue weighted by Crippen LogP contribution is 2.15. The van der Waals surface area contributed by atoms with Crippen molar-refractivity contribution < 1.29 is 19.0 Å². The molecule has 0 saturated carbocycles. The second-order valence-electron chi connectivity index (χ2n) is 4.50. The van der Waals surface area contributed by atoms with Crippen LogP contribution in [0.5, 0.6) is 5.88 Å². The standard InChI is InChI=1S/C12H21N3O4/c1-12(19-5,8-17-3)7-13-10(16)9-6-15(2)14-11(9)18-4/h6H,7-8H2,1-5H3,(H,13,16)/t12-/m1/s1. The van der Waals surface area contributed by atoms with Gasteiger partial charge < -0.3 is 19.5 Å². The minimum Gasteiger partial charge on any atom is -0.479 e. The maximum absolute atomic E-state index is 12.1. The zero-order chi connectivity index (χ0) is 14.5. The molecule has 0 aliphatic rings. The predicted molar refractivity (Wildman–Crippen MR) is 69.4 cm³/mol. The van der Waals surface area contributed by atoms with Gasteiger partial charge in [0, 0.05) is 34.0 Å². The maximum atomic E-state index is 12.1. The summed E-state index contributed by atoms with van der Waals surface area (Å²) in [7, 11) is 6.37. The normalized spacial score (nSPS) is 13.9. The van der Waals surface area contributed by atoms with E-state index in [-0.39, 0.29) is 5.91 Å². The predicted octanol–water partition coefficient (Wildman–Crippen LogP) is 0.210. The number of hydrogen-bond acceptors (Lipinski definition) is 5. The van der Waals surface area contributed by atoms with E-state index >= 15 is 0 Å². The van der Waals surface area contributed by atoms with Crippen LogP contribution in [0.25, 0.3) is 0 Å². The summed E-state index contributed by atoms with van der Waals surface area (Å²) in [5.74, 6) is 0.0372. The van der Waals surface area contributed by atoms with Gasteiger partial charge in [-0.05, 0) is 6.92 Å². The molecule has 108 valence electrons. The average Bonchev–Trinajstić information content (AvgIpc) is 2.77. The van der Waals surface area contributed by atoms with Crippen LogP contribution in [-0.4, -0.2) is 55.8 Å². The van der Waals surface area contributed by atoms with Gasteiger partial charge in [0.05, 0.1) is 13.7 Å². The van der Waals surface area contributed by atoms with Crippen LogP contribution in [0.3, 0.4) is 0 Å². The SMILES string of the molecule is COC[C@@](C)(CNC(=O)c1cn(C)nc1OC)OC. The number of aromatic nitrogens is 2. The molecule has 0 bridgehead atoms. The summed E-state index contributed by atoms with van der Waals surface area (Å²) in [4.78, 5) is 12.1. The first-order valence-electron chi connectivity index (χ1n) is 5.85. The lowest BCUT2D eigenvalue weighted by Gasteiger charge is -2.27. The zero-order valence-electron chi connectivity index (χ0n) is 12.0. The molecule has 0 aliphatic carbocycles. The van der Waals surface area contributed by atoms with Crippen LogP contribution in [0, 0.1) is 0 Å². The van der Waals surface area contributed by atoms with Crippen molar-refractivity contribution in [3.05, 3.63) is 11.8 Å². The summed E-state index contributed by atoms with van der Waals surface area (Å²) < 4.78 is 17.0. The van der Waals surface area contributed by atoms with Gasteiger partial charge in [-0.2, -0.15) is 0 Å². The second-order valence-corrected chi connectivity index (χ2v) is 4.50. The minimum absolute atomic E-state index is 0.260. The Morgan fingerprint density at radius 3 is 2.68 bits per heavy atom. The fraction of sp³-hybridized carbons (Fsp3) is 0.667. The van der Waals surface area contributed by atoms with Crippen LogP contribution in [-0.2, 0) is 16.5 Å². The van der Waals surface area contributed by atoms with Crippen molar-refractivity contribution in [3.63, 3.8) is 0 Å². The van der Waals surface area contributed by atoms with Crippen LogP contribution >= 0.6 is 0 Å². The van der Waals surface area contributed by atoms with E-state index in [1.165, 1.54) is 11.8 Å². The molecule has 0 aliphatic heterocycles. The lowest BCUT2D eigenvalue weighted by atomic mass is 10.1. The molecule has 1 atom stereocenters. The van der Waals surface area contributed by atoms with Crippen molar-refractivity contribution >= 4 is 5.91 Å². The Labute approximate surface area is 112 Å². The van der Waals surface area contributed by atoms with Crippen LogP contribution in [0.2, 0.25) is 0 Å². The Bertz CT molecular complexity index is 433. The molecule has 19 heavy (non-hydrogen) atoms. The van der Waals surface area contributed by atoms with Crippen LogP contribution in [0.15, 0.2) is 6.20 Å². The number of amides is 1. The molecule has 0 saturated heterocycles. The van der Waals surface area contributed by atoms with Gasteiger partial charge in [-0.1, -0.05) is 0 Å². The van der Waals surface area contributed by atoms with E-state index in [9.17, 15) is 4.79 Å². The van der Waals surface area contributed by atoms with Crippen LogP contribution in [0.1, 0.15) is 17.3 Å². The first-order valence-corrected chi connectivity index (χ1v) is 5.85. The maximum Gasteiger partial charge on any atom is 0.258 e. The molecule has 1 aromatic heterocycles. The molecule has 1 N–H and O–H groups in total. The molecule has 0 radical (unpaired) electrons. The number of aryl methyl sites for hydroxylation is 1. The van der Waals surface area contributed by atoms with Gasteiger partial charge in [0.1, 0.15) is 11.2 Å². The van der Waals surface area contributed by atoms with Crippen molar-refractivity contribution in [2.24, 2.45) is 7.05 Å². The van der Waals surface area contributed by atoms with Gasteiger partial charge >= 0.3 is 0 Å². The van der Waals surface area contributed by atoms with Crippen molar-refractivity contribution in [3.8, 4) is 5.88 Å². The van der Waals surface area contributed by atoms with E-state index in [0.717, 1.165) is 0 Å². The van der Waals surface area contributed by atoms with E-state index < -0.39 is 5.60 Å². The first-order chi connectivity index (χ1) is 8.95. The van der Waals surface area contributed by atoms with Gasteiger partial charge in [0.25, 0.3) is 5.91 Å². The highest BCUT2D eigenvalue weighted by molar-refractivity contribution is 5.96. The number of carbonyl (C=O) groups is 1. The monoisotopic (exact) mass is 271 g/mol. The number of rotatable bonds is 7. The van der Waals surface area contributed by atoms with Crippen molar-refractivity contribution in [2.45, 2.75) is 12.5 Å². The summed E-state index contributed by atoms with van der Waals surface area (Å²) in [5.41, 5.74) is -0.180. The van der Waals surface area contributed by atoms with E-state index in [2.05, 4.69) is 10.4 Å². The fourth-order valence-corrected chi connectivity index (χ4v) is 1.62. The largest absolute Gasteiger partial charge is 0.479 e. The molecule has 0 spiro atoms. The van der Waals surface area contributed by atoms with Gasteiger partial charge in [-0.15, -0.1) is 5.10 Å². The molecule has 0 fully saturated rings. The van der Waals surface area contributed by atoms with E-state index in [0.29, 0.717) is 24.6 Å². The first kappa shape index (κ1) is 15.5. The number of nitrogens with one attached hydrogen (secondary N) is 1. The highest BCUT2D eigenvalue weighted by Gasteiger charge is 2.26. The molecule has 1 rings (SSSR count). The lowest BCUT2D eigenvalue weighted by molar-refractivity contribution is -0.0479. The molecule has 0 unspecified atom stereocenters. The molecule has 1 heterocycles. The van der Waals surface area contributed by atoms with E-state index in [4.69, 9.17) is 14.2 Å². The van der Waals surface area contributed by atoms with E-state index in [1.54, 1.807) is 27.5 Å². The number of methoxy groups -OCH3 is 3. The second kappa shape index (κ2) is 6.53. The molecule has 1 aromatic rings. The third kappa shape index (κ3) is 3.93. The molecular weight excluding hydrogens is 250 g/mol. The summed E-state index contributed by atoms with van der Waals surface area (Å²) >= 11 is 0. The highest BCUT2D eigenvalue weighted by atomic mass is 16.5. The quantitative estimate of drug-likeness (QED) is 0.767. The van der Waals surface area contributed by atoms with E-state index in [1.807, 2.05) is 6.92 Å². The Morgan fingerprint density at radius 1 is 1.47 bits per heavy atom. The topological polar surface area (TPSA) is 74.6 Å². The smallest absolute Gasteiger partial charge is 0.258 e. The molecule has 0 aromatic carbocycles. The number of hydrogen-bond donors (Lipinski definition) is 1. The summed E-state index contributed by atoms with van der Waals surface area (Å²) in [6.45, 7) is 2.57. The molecule has 7 nitrogen and oxygen atoms in total. The average molecular weight is 271 g/mol. The Balaban J connectivity index is 2.69. The Kier molecular flexibility index (Phi) is 5.31. The van der Waals surface area contributed by atoms with Crippen LogP contribution < -0.4 is 10.1 Å². The summed E-state index contributed by atoms with van der Waals surface area (Å²) in [6.07, 6.45) is 1.61. The van der Waals surface area contributed by atoms with Crippen molar-refractivity contribution in [2.75, 3.05) is 34.5 Å². The summed E-state index contributed by atoms with van der Waals surface area (Å²) in [5, 5.41) is 6.81. The van der Waals surface area contributed by atoms with Crippen molar-refractivity contribution in [1.29, 1.82) is 0 Å². The molecule has 1 amide bonds. The van der Waals surface area contributed by atoms with Gasteiger partial charge in [0.2, 0.25) is 5.88 Å². The molecular formula is C12H21N3O4. The third-order valence-electron chi connectivity index (χ3n) is 2.80. The molecule has 7 heteroatoms. The zero-order valence-corrected chi connectivity index (χ0v) is 12.0.